The number of nitrogens with zero attached hydrogens (tertiary/aromatic N) is 4. The van der Waals surface area contributed by atoms with Crippen LogP contribution in [0.2, 0.25) is 0 Å². The van der Waals surface area contributed by atoms with E-state index in [1.165, 1.54) is 12.3 Å². The Morgan fingerprint density at radius 2 is 2.00 bits per heavy atom. The lowest BCUT2D eigenvalue weighted by molar-refractivity contribution is 0.584. The quantitative estimate of drug-likeness (QED) is 0.575. The van der Waals surface area contributed by atoms with Crippen LogP contribution in [0, 0.1) is 5.95 Å². The molecular formula is C16H12FN5. The van der Waals surface area contributed by atoms with Crippen molar-refractivity contribution in [3.63, 3.8) is 0 Å². The summed E-state index contributed by atoms with van der Waals surface area (Å²) in [7, 11) is 1.97. The van der Waals surface area contributed by atoms with Gasteiger partial charge in [-0.25, -0.2) is 9.97 Å². The minimum absolute atomic E-state index is 0.526. The van der Waals surface area contributed by atoms with E-state index < -0.39 is 5.95 Å². The lowest BCUT2D eigenvalue weighted by Gasteiger charge is -2.06. The molecule has 0 bridgehead atoms. The lowest BCUT2D eigenvalue weighted by atomic mass is 10.2. The molecule has 0 aliphatic carbocycles. The van der Waals surface area contributed by atoms with Crippen molar-refractivity contribution in [2.24, 2.45) is 7.05 Å². The normalized spacial score (nSPS) is 11.2. The van der Waals surface area contributed by atoms with Gasteiger partial charge in [-0.2, -0.15) is 4.39 Å². The molecule has 22 heavy (non-hydrogen) atoms. The topological polar surface area (TPSA) is 55.6 Å². The maximum absolute atomic E-state index is 13.1. The Bertz CT molecular complexity index is 992. The molecule has 0 fully saturated rings. The molecule has 0 unspecified atom stereocenters. The fourth-order valence-corrected chi connectivity index (χ4v) is 2.61. The van der Waals surface area contributed by atoms with Crippen LogP contribution in [-0.4, -0.2) is 19.5 Å². The lowest BCUT2D eigenvalue weighted by Crippen LogP contribution is -1.97. The Kier molecular flexibility index (Phi) is 2.75. The molecule has 0 saturated carbocycles. The number of halogens is 1. The van der Waals surface area contributed by atoms with E-state index in [1.807, 2.05) is 36.0 Å². The second-order valence-corrected chi connectivity index (χ2v) is 5.01. The number of aromatic nitrogens is 4. The van der Waals surface area contributed by atoms with Crippen LogP contribution in [0.4, 0.5) is 15.9 Å². The molecule has 0 radical (unpaired) electrons. The third-order valence-electron chi connectivity index (χ3n) is 3.64. The number of aryl methyl sites for hydroxylation is 1. The first-order chi connectivity index (χ1) is 10.7. The summed E-state index contributed by atoms with van der Waals surface area (Å²) in [6.45, 7) is 0. The van der Waals surface area contributed by atoms with E-state index in [9.17, 15) is 4.39 Å². The minimum atomic E-state index is -0.526. The molecule has 5 nitrogen and oxygen atoms in total. The van der Waals surface area contributed by atoms with E-state index in [4.69, 9.17) is 0 Å². The summed E-state index contributed by atoms with van der Waals surface area (Å²) in [5, 5.41) is 5.19. The average molecular weight is 292 g/mol. The SMILES string of the molecule is Cn1c2ccncc2c2ccc(Nc3ccnc([18F])c3)nc21. The van der Waals surface area contributed by atoms with Crippen LogP contribution < -0.4 is 5.32 Å². The van der Waals surface area contributed by atoms with Crippen LogP contribution in [0.15, 0.2) is 48.9 Å². The van der Waals surface area contributed by atoms with Crippen molar-refractivity contribution in [2.45, 2.75) is 0 Å². The number of rotatable bonds is 2. The Morgan fingerprint density at radius 3 is 2.86 bits per heavy atom. The Labute approximate surface area is 125 Å². The summed E-state index contributed by atoms with van der Waals surface area (Å²) in [6, 6.07) is 8.85. The van der Waals surface area contributed by atoms with Crippen molar-refractivity contribution in [1.29, 1.82) is 0 Å². The molecule has 6 heteroatoms. The van der Waals surface area contributed by atoms with Crippen LogP contribution in [0.3, 0.4) is 0 Å². The molecule has 108 valence electrons. The van der Waals surface area contributed by atoms with E-state index in [0.717, 1.165) is 21.9 Å². The largest absolute Gasteiger partial charge is 0.340 e. The number of anilines is 2. The number of hydrogen-bond acceptors (Lipinski definition) is 4. The summed E-state index contributed by atoms with van der Waals surface area (Å²) in [5.74, 6) is 0.124. The van der Waals surface area contributed by atoms with Crippen molar-refractivity contribution in [3.8, 4) is 0 Å². The zero-order valence-electron chi connectivity index (χ0n) is 11.8. The van der Waals surface area contributed by atoms with Crippen molar-refractivity contribution in [2.75, 3.05) is 5.32 Å². The highest BCUT2D eigenvalue weighted by Gasteiger charge is 2.10. The van der Waals surface area contributed by atoms with Crippen molar-refractivity contribution in [3.05, 3.63) is 54.9 Å². The van der Waals surface area contributed by atoms with Gasteiger partial charge in [-0.15, -0.1) is 0 Å². The van der Waals surface area contributed by atoms with Gasteiger partial charge in [-0.3, -0.25) is 4.98 Å². The number of pyridine rings is 3. The van der Waals surface area contributed by atoms with Gasteiger partial charge in [0, 0.05) is 48.2 Å². The van der Waals surface area contributed by atoms with Gasteiger partial charge in [-0.05, 0) is 24.3 Å². The maximum atomic E-state index is 13.1. The smallest absolute Gasteiger partial charge is 0.214 e. The van der Waals surface area contributed by atoms with Crippen LogP contribution in [0.5, 0.6) is 0 Å². The van der Waals surface area contributed by atoms with Gasteiger partial charge < -0.3 is 9.88 Å². The second-order valence-electron chi connectivity index (χ2n) is 5.01. The highest BCUT2D eigenvalue weighted by Crippen LogP contribution is 2.27. The fraction of sp³-hybridized carbons (Fsp3) is 0.0625. The van der Waals surface area contributed by atoms with Gasteiger partial charge in [0.2, 0.25) is 5.95 Å². The summed E-state index contributed by atoms with van der Waals surface area (Å²) in [4.78, 5) is 12.3. The van der Waals surface area contributed by atoms with Crippen LogP contribution in [0.25, 0.3) is 21.9 Å². The summed E-state index contributed by atoms with van der Waals surface area (Å²) >= 11 is 0. The standard InChI is InChI=1S/C16H12FN5/c1-22-13-5-6-18-9-12(13)11-2-3-15(21-16(11)22)20-10-4-7-19-14(17)8-10/h2-9H,1H3,(H,19,20,21)/i17-1. The molecule has 0 atom stereocenters. The molecule has 4 rings (SSSR count). The molecule has 0 spiro atoms. The zero-order chi connectivity index (χ0) is 15.1. The second kappa shape index (κ2) is 4.77. The highest BCUT2D eigenvalue weighted by atomic mass is 18.2. The van der Waals surface area contributed by atoms with Gasteiger partial charge in [0.25, 0.3) is 0 Å². The van der Waals surface area contributed by atoms with Gasteiger partial charge >= 0.3 is 0 Å². The summed E-state index contributed by atoms with van der Waals surface area (Å²) in [6.07, 6.45) is 5.02. The first-order valence-corrected chi connectivity index (χ1v) is 6.80. The van der Waals surface area contributed by atoms with Crippen molar-refractivity contribution in [1.82, 2.24) is 19.5 Å². The third kappa shape index (κ3) is 1.96. The molecule has 4 aromatic heterocycles. The van der Waals surface area contributed by atoms with Crippen LogP contribution in [0.1, 0.15) is 0 Å². The fourth-order valence-electron chi connectivity index (χ4n) is 2.61. The highest BCUT2D eigenvalue weighted by molar-refractivity contribution is 6.06. The first kappa shape index (κ1) is 12.7. The average Bonchev–Trinajstić information content (AvgIpc) is 2.81. The van der Waals surface area contributed by atoms with E-state index in [-0.39, 0.29) is 0 Å². The number of hydrogen-bond donors (Lipinski definition) is 1. The molecule has 4 aromatic rings. The third-order valence-corrected chi connectivity index (χ3v) is 3.64. The van der Waals surface area contributed by atoms with Gasteiger partial charge in [0.1, 0.15) is 11.5 Å². The van der Waals surface area contributed by atoms with E-state index in [1.54, 1.807) is 12.3 Å². The molecule has 4 heterocycles. The van der Waals surface area contributed by atoms with Gasteiger partial charge in [0.15, 0.2) is 0 Å². The van der Waals surface area contributed by atoms with E-state index in [0.29, 0.717) is 11.5 Å². The zero-order valence-corrected chi connectivity index (χ0v) is 11.8. The predicted molar refractivity (Wildman–Crippen MR) is 83.5 cm³/mol. The van der Waals surface area contributed by atoms with Crippen LogP contribution in [-0.2, 0) is 7.05 Å². The summed E-state index contributed by atoms with van der Waals surface area (Å²) in [5.41, 5.74) is 2.53. The Morgan fingerprint density at radius 1 is 1.09 bits per heavy atom. The molecule has 1 N–H and O–H groups in total. The maximum Gasteiger partial charge on any atom is 0.214 e. The van der Waals surface area contributed by atoms with Gasteiger partial charge in [-0.1, -0.05) is 0 Å². The van der Waals surface area contributed by atoms with Gasteiger partial charge in [0.05, 0.1) is 5.52 Å². The van der Waals surface area contributed by atoms with E-state index in [2.05, 4.69) is 20.3 Å². The Balaban J connectivity index is 1.84. The van der Waals surface area contributed by atoms with Crippen LogP contribution >= 0.6 is 0 Å². The summed E-state index contributed by atoms with van der Waals surface area (Å²) < 4.78 is 15.2. The molecule has 0 amide bonds. The monoisotopic (exact) mass is 292 g/mol. The molecule has 0 saturated heterocycles. The predicted octanol–water partition coefficient (Wildman–Crippen LogP) is 3.40. The number of nitrogens with one attached hydrogen (secondary N) is 1. The van der Waals surface area contributed by atoms with Crippen molar-refractivity contribution >= 4 is 33.4 Å². The molecule has 0 aliphatic rings. The number of fused-ring (bicyclic) bond motifs is 3. The minimum Gasteiger partial charge on any atom is -0.340 e. The Hall–Kier alpha value is -3.02. The molecular weight excluding hydrogens is 280 g/mol. The molecule has 0 aromatic carbocycles. The van der Waals surface area contributed by atoms with E-state index >= 15 is 0 Å². The first-order valence-electron chi connectivity index (χ1n) is 6.80. The molecule has 0 aliphatic heterocycles. The van der Waals surface area contributed by atoms with Crippen molar-refractivity contribution < 1.29 is 4.39 Å².